The monoisotopic (exact) mass is 351 g/mol. The summed E-state index contributed by atoms with van der Waals surface area (Å²) >= 11 is 0. The van der Waals surface area contributed by atoms with Crippen molar-refractivity contribution in [2.24, 2.45) is 0 Å². The molecule has 1 N–H and O–H groups in total. The average molecular weight is 352 g/mol. The van der Waals surface area contributed by atoms with Gasteiger partial charge >= 0.3 is 0 Å². The minimum absolute atomic E-state index is 0. The van der Waals surface area contributed by atoms with Crippen LogP contribution in [-0.4, -0.2) is 51.2 Å². The molecular formula is C15H18ClN5O3. The number of benzene rings is 1. The van der Waals surface area contributed by atoms with E-state index >= 15 is 0 Å². The number of rotatable bonds is 3. The molecule has 0 saturated carbocycles. The molecule has 0 unspecified atom stereocenters. The predicted octanol–water partition coefficient (Wildman–Crippen LogP) is 1.64. The molecule has 3 rings (SSSR count). The van der Waals surface area contributed by atoms with Crippen LogP contribution in [0.2, 0.25) is 0 Å². The molecule has 128 valence electrons. The number of hydrogen-bond donors (Lipinski definition) is 1. The summed E-state index contributed by atoms with van der Waals surface area (Å²) < 4.78 is 1.48. The fourth-order valence-electron chi connectivity index (χ4n) is 2.62. The molecular weight excluding hydrogens is 334 g/mol. The summed E-state index contributed by atoms with van der Waals surface area (Å²) in [6, 6.07) is 7.89. The number of carbonyl (C=O) groups excluding carboxylic acids is 1. The molecule has 0 aliphatic carbocycles. The van der Waals surface area contributed by atoms with Gasteiger partial charge in [-0.2, -0.15) is 5.10 Å². The second kappa shape index (κ2) is 7.41. The van der Waals surface area contributed by atoms with Crippen LogP contribution < -0.4 is 5.32 Å². The van der Waals surface area contributed by atoms with E-state index in [0.717, 1.165) is 13.1 Å². The first-order valence-corrected chi connectivity index (χ1v) is 7.38. The summed E-state index contributed by atoms with van der Waals surface area (Å²) in [6.07, 6.45) is 1.64. The Hall–Kier alpha value is -2.45. The Balaban J connectivity index is 0.00000208. The lowest BCUT2D eigenvalue weighted by molar-refractivity contribution is -0.384. The van der Waals surface area contributed by atoms with Gasteiger partial charge in [0.15, 0.2) is 5.69 Å². The van der Waals surface area contributed by atoms with E-state index in [9.17, 15) is 14.9 Å². The molecule has 0 radical (unpaired) electrons. The molecule has 8 nitrogen and oxygen atoms in total. The summed E-state index contributed by atoms with van der Waals surface area (Å²) in [5, 5.41) is 18.4. The van der Waals surface area contributed by atoms with Crippen molar-refractivity contribution in [2.75, 3.05) is 19.6 Å². The molecule has 1 aromatic carbocycles. The van der Waals surface area contributed by atoms with Crippen molar-refractivity contribution in [3.8, 4) is 5.69 Å². The minimum Gasteiger partial charge on any atom is -0.332 e. The maximum absolute atomic E-state index is 12.5. The van der Waals surface area contributed by atoms with Gasteiger partial charge in [-0.05, 0) is 19.1 Å². The lowest BCUT2D eigenvalue weighted by Crippen LogP contribution is -2.52. The molecule has 1 aliphatic rings. The van der Waals surface area contributed by atoms with Crippen LogP contribution in [0.3, 0.4) is 0 Å². The van der Waals surface area contributed by atoms with Crippen molar-refractivity contribution >= 4 is 24.0 Å². The molecule has 1 atom stereocenters. The largest absolute Gasteiger partial charge is 0.332 e. The van der Waals surface area contributed by atoms with Gasteiger partial charge in [0, 0.05) is 44.0 Å². The Labute approximate surface area is 145 Å². The normalized spacial score (nSPS) is 17.2. The number of non-ortho nitro benzene ring substituents is 1. The summed E-state index contributed by atoms with van der Waals surface area (Å²) in [7, 11) is 0. The van der Waals surface area contributed by atoms with E-state index < -0.39 is 4.92 Å². The third-order valence-corrected chi connectivity index (χ3v) is 3.88. The molecule has 0 spiro atoms. The van der Waals surface area contributed by atoms with Crippen molar-refractivity contribution in [1.82, 2.24) is 20.0 Å². The van der Waals surface area contributed by atoms with Crippen LogP contribution in [-0.2, 0) is 0 Å². The Morgan fingerprint density at radius 1 is 1.42 bits per heavy atom. The minimum atomic E-state index is -0.457. The highest BCUT2D eigenvalue weighted by Gasteiger charge is 2.25. The van der Waals surface area contributed by atoms with Crippen LogP contribution in [0.5, 0.6) is 0 Å². The highest BCUT2D eigenvalue weighted by Crippen LogP contribution is 2.17. The van der Waals surface area contributed by atoms with Gasteiger partial charge in [-0.1, -0.05) is 6.07 Å². The topological polar surface area (TPSA) is 93.3 Å². The van der Waals surface area contributed by atoms with Crippen LogP contribution in [0.15, 0.2) is 36.5 Å². The van der Waals surface area contributed by atoms with Crippen molar-refractivity contribution < 1.29 is 9.72 Å². The number of nitro benzene ring substituents is 1. The van der Waals surface area contributed by atoms with Crippen LogP contribution in [0.1, 0.15) is 17.4 Å². The number of aromatic nitrogens is 2. The van der Waals surface area contributed by atoms with Crippen LogP contribution >= 0.6 is 12.4 Å². The van der Waals surface area contributed by atoms with Gasteiger partial charge in [-0.3, -0.25) is 14.9 Å². The quantitative estimate of drug-likeness (QED) is 0.670. The molecule has 1 aromatic heterocycles. The van der Waals surface area contributed by atoms with Gasteiger partial charge in [0.25, 0.3) is 11.6 Å². The van der Waals surface area contributed by atoms with Crippen LogP contribution in [0, 0.1) is 10.1 Å². The molecule has 1 amide bonds. The first-order chi connectivity index (χ1) is 11.1. The lowest BCUT2D eigenvalue weighted by Gasteiger charge is -2.33. The van der Waals surface area contributed by atoms with Crippen LogP contribution in [0.25, 0.3) is 5.69 Å². The van der Waals surface area contributed by atoms with E-state index in [1.165, 1.54) is 16.8 Å². The number of nitrogens with one attached hydrogen (secondary N) is 1. The van der Waals surface area contributed by atoms with E-state index in [4.69, 9.17) is 0 Å². The number of nitro groups is 1. The van der Waals surface area contributed by atoms with E-state index in [1.807, 2.05) is 6.92 Å². The molecule has 1 saturated heterocycles. The third-order valence-electron chi connectivity index (χ3n) is 3.88. The Bertz CT molecular complexity index is 748. The third kappa shape index (κ3) is 3.55. The smallest absolute Gasteiger partial charge is 0.274 e. The molecule has 9 heteroatoms. The first-order valence-electron chi connectivity index (χ1n) is 7.38. The lowest BCUT2D eigenvalue weighted by atomic mass is 10.2. The molecule has 1 aliphatic heterocycles. The highest BCUT2D eigenvalue weighted by molar-refractivity contribution is 5.92. The maximum Gasteiger partial charge on any atom is 0.274 e. The number of carbonyl (C=O) groups is 1. The Morgan fingerprint density at radius 2 is 2.21 bits per heavy atom. The summed E-state index contributed by atoms with van der Waals surface area (Å²) in [4.78, 5) is 24.7. The molecule has 2 aromatic rings. The number of halogens is 1. The SMILES string of the molecule is C[C@H]1CNCCN1C(=O)c1ccn(-c2cccc([N+](=O)[O-])c2)n1.Cl. The van der Waals surface area contributed by atoms with Crippen molar-refractivity contribution in [2.45, 2.75) is 13.0 Å². The number of piperazine rings is 1. The summed E-state index contributed by atoms with van der Waals surface area (Å²) in [5.41, 5.74) is 0.874. The highest BCUT2D eigenvalue weighted by atomic mass is 35.5. The Kier molecular flexibility index (Phi) is 5.53. The van der Waals surface area contributed by atoms with Crippen LogP contribution in [0.4, 0.5) is 5.69 Å². The van der Waals surface area contributed by atoms with E-state index in [-0.39, 0.29) is 30.0 Å². The number of amides is 1. The predicted molar refractivity (Wildman–Crippen MR) is 90.8 cm³/mol. The second-order valence-electron chi connectivity index (χ2n) is 5.47. The van der Waals surface area contributed by atoms with Gasteiger partial charge in [-0.15, -0.1) is 12.4 Å². The summed E-state index contributed by atoms with van der Waals surface area (Å²) in [6.45, 7) is 4.16. The standard InChI is InChI=1S/C15H17N5O3.ClH/c1-11-10-16-6-8-18(11)15(21)14-5-7-19(17-14)12-3-2-4-13(9-12)20(22)23;/h2-5,7,9,11,16H,6,8,10H2,1H3;1H/t11-;/m0./s1. The van der Waals surface area contributed by atoms with Crippen molar-refractivity contribution in [3.63, 3.8) is 0 Å². The molecule has 1 fully saturated rings. The van der Waals surface area contributed by atoms with Gasteiger partial charge in [0.2, 0.25) is 0 Å². The van der Waals surface area contributed by atoms with E-state index in [0.29, 0.717) is 17.9 Å². The second-order valence-corrected chi connectivity index (χ2v) is 5.47. The molecule has 2 heterocycles. The van der Waals surface area contributed by atoms with Gasteiger partial charge < -0.3 is 10.2 Å². The molecule has 24 heavy (non-hydrogen) atoms. The molecule has 0 bridgehead atoms. The van der Waals surface area contributed by atoms with E-state index in [2.05, 4.69) is 10.4 Å². The zero-order chi connectivity index (χ0) is 16.4. The van der Waals surface area contributed by atoms with Crippen molar-refractivity contribution in [1.29, 1.82) is 0 Å². The average Bonchev–Trinajstić information content (AvgIpc) is 3.05. The van der Waals surface area contributed by atoms with Gasteiger partial charge in [0.1, 0.15) is 0 Å². The maximum atomic E-state index is 12.5. The zero-order valence-electron chi connectivity index (χ0n) is 13.1. The van der Waals surface area contributed by atoms with Gasteiger partial charge in [-0.25, -0.2) is 4.68 Å². The fourth-order valence-corrected chi connectivity index (χ4v) is 2.62. The number of hydrogen-bond acceptors (Lipinski definition) is 5. The van der Waals surface area contributed by atoms with E-state index in [1.54, 1.807) is 29.3 Å². The zero-order valence-corrected chi connectivity index (χ0v) is 13.9. The number of nitrogens with zero attached hydrogens (tertiary/aromatic N) is 4. The first kappa shape index (κ1) is 17.9. The van der Waals surface area contributed by atoms with Gasteiger partial charge in [0.05, 0.1) is 10.6 Å². The van der Waals surface area contributed by atoms with Crippen molar-refractivity contribution in [3.05, 3.63) is 52.3 Å². The summed E-state index contributed by atoms with van der Waals surface area (Å²) in [5.74, 6) is -0.122. The fraction of sp³-hybridized carbons (Fsp3) is 0.333. The Morgan fingerprint density at radius 3 is 2.92 bits per heavy atom.